The molecule has 0 bridgehead atoms. The summed E-state index contributed by atoms with van der Waals surface area (Å²) < 4.78 is 5.36. The number of rotatable bonds is 5. The Morgan fingerprint density at radius 2 is 2.47 bits per heavy atom. The van der Waals surface area contributed by atoms with Crippen LogP contribution in [0.4, 0.5) is 0 Å². The van der Waals surface area contributed by atoms with Crippen LogP contribution in [-0.4, -0.2) is 25.2 Å². The van der Waals surface area contributed by atoms with E-state index < -0.39 is 0 Å². The highest BCUT2D eigenvalue weighted by atomic mass is 16.3. The Labute approximate surface area is 104 Å². The van der Waals surface area contributed by atoms with Crippen LogP contribution in [0.3, 0.4) is 0 Å². The molecule has 2 heterocycles. The fraction of sp³-hybridized carbons (Fsp3) is 0.714. The van der Waals surface area contributed by atoms with Gasteiger partial charge in [-0.3, -0.25) is 0 Å². The number of hydrogen-bond acceptors (Lipinski definition) is 3. The molecule has 3 unspecified atom stereocenters. The summed E-state index contributed by atoms with van der Waals surface area (Å²) in [5.74, 6) is 1.90. The van der Waals surface area contributed by atoms with E-state index in [1.54, 1.807) is 6.26 Å². The van der Waals surface area contributed by atoms with Gasteiger partial charge in [-0.15, -0.1) is 0 Å². The average Bonchev–Trinajstić information content (AvgIpc) is 2.79. The van der Waals surface area contributed by atoms with Crippen LogP contribution >= 0.6 is 0 Å². The highest BCUT2D eigenvalue weighted by molar-refractivity contribution is 4.99. The smallest absolute Gasteiger partial charge is 0.105 e. The maximum atomic E-state index is 5.36. The largest absolute Gasteiger partial charge is 0.469 e. The standard InChI is InChI=1S/C14H24N2O/c1-11-8-13(5-6-15-11)10-16-12(2)9-14-4-3-7-17-14/h3-4,7,11-13,15-16H,5-6,8-10H2,1-2H3. The summed E-state index contributed by atoms with van der Waals surface area (Å²) in [5.41, 5.74) is 0. The van der Waals surface area contributed by atoms with Crippen LogP contribution in [-0.2, 0) is 6.42 Å². The minimum atomic E-state index is 0.492. The van der Waals surface area contributed by atoms with Gasteiger partial charge in [0.25, 0.3) is 0 Å². The van der Waals surface area contributed by atoms with Gasteiger partial charge in [0.15, 0.2) is 0 Å². The molecular formula is C14H24N2O. The van der Waals surface area contributed by atoms with E-state index in [1.807, 2.05) is 12.1 Å². The van der Waals surface area contributed by atoms with Gasteiger partial charge in [-0.2, -0.15) is 0 Å². The lowest BCUT2D eigenvalue weighted by Crippen LogP contribution is -2.41. The van der Waals surface area contributed by atoms with Crippen molar-refractivity contribution in [3.63, 3.8) is 0 Å². The van der Waals surface area contributed by atoms with Crippen molar-refractivity contribution in [3.05, 3.63) is 24.2 Å². The first-order valence-electron chi connectivity index (χ1n) is 6.73. The van der Waals surface area contributed by atoms with Crippen LogP contribution in [0.5, 0.6) is 0 Å². The maximum Gasteiger partial charge on any atom is 0.105 e. The second kappa shape index (κ2) is 6.22. The summed E-state index contributed by atoms with van der Waals surface area (Å²) in [6, 6.07) is 5.17. The van der Waals surface area contributed by atoms with Gasteiger partial charge in [0.2, 0.25) is 0 Å². The van der Waals surface area contributed by atoms with Crippen molar-refractivity contribution < 1.29 is 4.42 Å². The van der Waals surface area contributed by atoms with Crippen molar-refractivity contribution in [3.8, 4) is 0 Å². The lowest BCUT2D eigenvalue weighted by atomic mass is 9.93. The zero-order valence-corrected chi connectivity index (χ0v) is 10.9. The summed E-state index contributed by atoms with van der Waals surface area (Å²) in [6.45, 7) is 6.80. The second-order valence-electron chi connectivity index (χ2n) is 5.34. The summed E-state index contributed by atoms with van der Waals surface area (Å²) in [6.07, 6.45) is 5.31. The van der Waals surface area contributed by atoms with Crippen LogP contribution < -0.4 is 10.6 Å². The van der Waals surface area contributed by atoms with Gasteiger partial charge in [0, 0.05) is 18.5 Å². The SMILES string of the molecule is CC(Cc1ccco1)NCC1CCNC(C)C1. The molecule has 17 heavy (non-hydrogen) atoms. The second-order valence-corrected chi connectivity index (χ2v) is 5.34. The third-order valence-electron chi connectivity index (χ3n) is 3.57. The van der Waals surface area contributed by atoms with Crippen LogP contribution in [0, 0.1) is 5.92 Å². The van der Waals surface area contributed by atoms with E-state index in [-0.39, 0.29) is 0 Å². The highest BCUT2D eigenvalue weighted by Crippen LogP contribution is 2.15. The Bertz CT molecular complexity index is 310. The summed E-state index contributed by atoms with van der Waals surface area (Å²) in [5, 5.41) is 7.12. The normalized spacial score (nSPS) is 26.9. The van der Waals surface area contributed by atoms with Crippen molar-refractivity contribution in [2.75, 3.05) is 13.1 Å². The predicted octanol–water partition coefficient (Wildman–Crippen LogP) is 2.19. The van der Waals surface area contributed by atoms with Gasteiger partial charge in [-0.1, -0.05) is 0 Å². The molecule has 0 radical (unpaired) electrons. The van der Waals surface area contributed by atoms with Crippen molar-refractivity contribution in [1.29, 1.82) is 0 Å². The Hall–Kier alpha value is -0.800. The van der Waals surface area contributed by atoms with E-state index in [4.69, 9.17) is 4.42 Å². The number of furan rings is 1. The Balaban J connectivity index is 1.67. The number of nitrogens with one attached hydrogen (secondary N) is 2. The van der Waals surface area contributed by atoms with Gasteiger partial charge in [-0.25, -0.2) is 0 Å². The van der Waals surface area contributed by atoms with Gasteiger partial charge >= 0.3 is 0 Å². The molecule has 0 spiro atoms. The van der Waals surface area contributed by atoms with Gasteiger partial charge in [0.1, 0.15) is 5.76 Å². The lowest BCUT2D eigenvalue weighted by Gasteiger charge is -2.29. The lowest BCUT2D eigenvalue weighted by molar-refractivity contribution is 0.294. The van der Waals surface area contributed by atoms with Crippen LogP contribution in [0.2, 0.25) is 0 Å². The van der Waals surface area contributed by atoms with E-state index >= 15 is 0 Å². The first-order chi connectivity index (χ1) is 8.24. The van der Waals surface area contributed by atoms with E-state index in [0.29, 0.717) is 12.1 Å². The van der Waals surface area contributed by atoms with Gasteiger partial charge in [0.05, 0.1) is 6.26 Å². The topological polar surface area (TPSA) is 37.2 Å². The third-order valence-corrected chi connectivity index (χ3v) is 3.57. The fourth-order valence-electron chi connectivity index (χ4n) is 2.59. The zero-order chi connectivity index (χ0) is 12.1. The van der Waals surface area contributed by atoms with Crippen LogP contribution in [0.25, 0.3) is 0 Å². The maximum absolute atomic E-state index is 5.36. The molecule has 1 aromatic rings. The number of hydrogen-bond donors (Lipinski definition) is 2. The Morgan fingerprint density at radius 1 is 1.59 bits per heavy atom. The van der Waals surface area contributed by atoms with Gasteiger partial charge < -0.3 is 15.1 Å². The number of piperidine rings is 1. The van der Waals surface area contributed by atoms with E-state index in [9.17, 15) is 0 Å². The van der Waals surface area contributed by atoms with E-state index in [0.717, 1.165) is 24.6 Å². The van der Waals surface area contributed by atoms with Crippen LogP contribution in [0.15, 0.2) is 22.8 Å². The Kier molecular flexibility index (Phi) is 4.63. The van der Waals surface area contributed by atoms with Crippen molar-refractivity contribution in [1.82, 2.24) is 10.6 Å². The molecule has 2 N–H and O–H groups in total. The minimum absolute atomic E-state index is 0.492. The van der Waals surface area contributed by atoms with Crippen LogP contribution in [0.1, 0.15) is 32.4 Å². The van der Waals surface area contributed by atoms with Crippen molar-refractivity contribution in [2.45, 2.75) is 45.2 Å². The molecule has 0 aliphatic carbocycles. The first kappa shape index (κ1) is 12.7. The molecule has 0 aromatic carbocycles. The molecule has 0 saturated carbocycles. The molecule has 0 amide bonds. The molecule has 3 atom stereocenters. The molecule has 3 heteroatoms. The van der Waals surface area contributed by atoms with Crippen molar-refractivity contribution >= 4 is 0 Å². The summed E-state index contributed by atoms with van der Waals surface area (Å²) >= 11 is 0. The quantitative estimate of drug-likeness (QED) is 0.823. The predicted molar refractivity (Wildman–Crippen MR) is 70.1 cm³/mol. The molecule has 1 fully saturated rings. The summed E-state index contributed by atoms with van der Waals surface area (Å²) in [7, 11) is 0. The molecule has 1 aromatic heterocycles. The molecule has 3 nitrogen and oxygen atoms in total. The average molecular weight is 236 g/mol. The van der Waals surface area contributed by atoms with Crippen molar-refractivity contribution in [2.24, 2.45) is 5.92 Å². The monoisotopic (exact) mass is 236 g/mol. The molecule has 1 saturated heterocycles. The van der Waals surface area contributed by atoms with E-state index in [2.05, 4.69) is 24.5 Å². The van der Waals surface area contributed by atoms with Gasteiger partial charge in [-0.05, 0) is 57.8 Å². The molecule has 2 rings (SSSR count). The summed E-state index contributed by atoms with van der Waals surface area (Å²) in [4.78, 5) is 0. The molecule has 96 valence electrons. The molecule has 1 aliphatic rings. The molecule has 1 aliphatic heterocycles. The van der Waals surface area contributed by atoms with E-state index in [1.165, 1.54) is 19.4 Å². The highest BCUT2D eigenvalue weighted by Gasteiger charge is 2.18. The minimum Gasteiger partial charge on any atom is -0.469 e. The fourth-order valence-corrected chi connectivity index (χ4v) is 2.59. The first-order valence-corrected chi connectivity index (χ1v) is 6.73. The molecular weight excluding hydrogens is 212 g/mol. The third kappa shape index (κ3) is 4.17. The zero-order valence-electron chi connectivity index (χ0n) is 10.9. The Morgan fingerprint density at radius 3 is 3.18 bits per heavy atom.